The van der Waals surface area contributed by atoms with Crippen molar-refractivity contribution in [1.82, 2.24) is 0 Å². The Morgan fingerprint density at radius 2 is 1.82 bits per heavy atom. The molecule has 1 aliphatic rings. The van der Waals surface area contributed by atoms with E-state index in [0.717, 1.165) is 11.6 Å². The molecule has 1 nitrogen and oxygen atoms in total. The molecule has 0 aromatic heterocycles. The van der Waals surface area contributed by atoms with Gasteiger partial charge in [-0.2, -0.15) is 0 Å². The summed E-state index contributed by atoms with van der Waals surface area (Å²) >= 11 is 5.42. The zero-order valence-corrected chi connectivity index (χ0v) is 6.93. The minimum absolute atomic E-state index is 0.833. The Kier molecular flexibility index (Phi) is 1.74. The minimum Gasteiger partial charge on any atom is -0.299 e. The van der Waals surface area contributed by atoms with Crippen molar-refractivity contribution in [3.63, 3.8) is 0 Å². The highest BCUT2D eigenvalue weighted by Crippen LogP contribution is 2.40. The molecular weight excluding hydrogens is 158 g/mol. The maximum absolute atomic E-state index is 5.42. The maximum atomic E-state index is 5.42. The highest BCUT2D eigenvalue weighted by Gasteiger charge is 2.22. The molecule has 0 heterocycles. The Bertz CT molecular complexity index is 238. The van der Waals surface area contributed by atoms with Gasteiger partial charge < -0.3 is 0 Å². The predicted molar refractivity (Wildman–Crippen MR) is 47.9 cm³/mol. The van der Waals surface area contributed by atoms with Gasteiger partial charge in [0.15, 0.2) is 0 Å². The molecule has 0 amide bonds. The Labute approximate surface area is 71.5 Å². The Morgan fingerprint density at radius 3 is 2.27 bits per heavy atom. The molecule has 0 spiro atoms. The zero-order chi connectivity index (χ0) is 7.68. The highest BCUT2D eigenvalue weighted by atomic mass is 35.5. The normalized spacial score (nSPS) is 16.5. The van der Waals surface area contributed by atoms with E-state index in [4.69, 9.17) is 11.8 Å². The molecule has 1 aliphatic carbocycles. The van der Waals surface area contributed by atoms with E-state index < -0.39 is 0 Å². The lowest BCUT2D eigenvalue weighted by molar-refractivity contribution is 1.13. The van der Waals surface area contributed by atoms with Crippen LogP contribution >= 0.6 is 11.8 Å². The number of hydrogen-bond acceptors (Lipinski definition) is 1. The van der Waals surface area contributed by atoms with Crippen LogP contribution < -0.4 is 4.84 Å². The van der Waals surface area contributed by atoms with E-state index in [0.29, 0.717) is 0 Å². The number of rotatable bonds is 2. The van der Waals surface area contributed by atoms with Crippen LogP contribution in [0.3, 0.4) is 0 Å². The Hall–Kier alpha value is -0.690. The third-order valence-electron chi connectivity index (χ3n) is 2.07. The van der Waals surface area contributed by atoms with Crippen molar-refractivity contribution in [2.24, 2.45) is 0 Å². The lowest BCUT2D eigenvalue weighted by Crippen LogP contribution is -1.81. The van der Waals surface area contributed by atoms with Gasteiger partial charge in [-0.1, -0.05) is 12.1 Å². The van der Waals surface area contributed by atoms with Crippen molar-refractivity contribution in [2.45, 2.75) is 18.8 Å². The lowest BCUT2D eigenvalue weighted by Gasteiger charge is -1.99. The summed E-state index contributed by atoms with van der Waals surface area (Å²) < 4.78 is 0. The van der Waals surface area contributed by atoms with Gasteiger partial charge in [0.1, 0.15) is 0 Å². The molecule has 0 radical (unpaired) electrons. The molecule has 11 heavy (non-hydrogen) atoms. The predicted octanol–water partition coefficient (Wildman–Crippen LogP) is 3.13. The molecule has 0 aliphatic heterocycles. The molecule has 1 fully saturated rings. The largest absolute Gasteiger partial charge is 0.299 e. The topological polar surface area (TPSA) is 12.0 Å². The summed E-state index contributed by atoms with van der Waals surface area (Å²) in [6, 6.07) is 8.31. The van der Waals surface area contributed by atoms with Gasteiger partial charge in [0.2, 0.25) is 0 Å². The van der Waals surface area contributed by atoms with Crippen molar-refractivity contribution >= 4 is 17.5 Å². The third kappa shape index (κ3) is 1.48. The smallest absolute Gasteiger partial charge is 0.0491 e. The molecule has 0 saturated heterocycles. The van der Waals surface area contributed by atoms with Crippen LogP contribution in [0, 0.1) is 0 Å². The van der Waals surface area contributed by atoms with E-state index in [1.54, 1.807) is 0 Å². The average molecular weight is 168 g/mol. The van der Waals surface area contributed by atoms with E-state index in [1.165, 1.54) is 18.4 Å². The van der Waals surface area contributed by atoms with Crippen LogP contribution in [0.15, 0.2) is 24.3 Å². The number of nitrogens with one attached hydrogen (secondary N) is 1. The molecule has 2 rings (SSSR count). The van der Waals surface area contributed by atoms with Crippen molar-refractivity contribution in [1.29, 1.82) is 0 Å². The highest BCUT2D eigenvalue weighted by molar-refractivity contribution is 6.23. The molecule has 0 unspecified atom stereocenters. The van der Waals surface area contributed by atoms with Crippen LogP contribution in [0.5, 0.6) is 0 Å². The van der Waals surface area contributed by atoms with Gasteiger partial charge in [-0.25, -0.2) is 0 Å². The second-order valence-corrected chi connectivity index (χ2v) is 3.18. The van der Waals surface area contributed by atoms with Crippen molar-refractivity contribution in [3.8, 4) is 0 Å². The van der Waals surface area contributed by atoms with Crippen LogP contribution in [-0.2, 0) is 0 Å². The molecule has 0 atom stereocenters. The summed E-state index contributed by atoms with van der Waals surface area (Å²) in [5.74, 6) is 0.833. The fraction of sp³-hybridized carbons (Fsp3) is 0.333. The first kappa shape index (κ1) is 6.99. The second-order valence-electron chi connectivity index (χ2n) is 2.99. The van der Waals surface area contributed by atoms with E-state index >= 15 is 0 Å². The van der Waals surface area contributed by atoms with E-state index in [-0.39, 0.29) is 0 Å². The Morgan fingerprint density at radius 1 is 1.18 bits per heavy atom. The fourth-order valence-corrected chi connectivity index (χ4v) is 1.36. The van der Waals surface area contributed by atoms with Crippen LogP contribution in [0.2, 0.25) is 0 Å². The molecule has 1 saturated carbocycles. The van der Waals surface area contributed by atoms with Gasteiger partial charge in [0.25, 0.3) is 0 Å². The first-order chi connectivity index (χ1) is 5.40. The number of halogens is 1. The summed E-state index contributed by atoms with van der Waals surface area (Å²) in [7, 11) is 0. The molecule has 0 bridgehead atoms. The second kappa shape index (κ2) is 2.74. The van der Waals surface area contributed by atoms with Crippen molar-refractivity contribution < 1.29 is 0 Å². The maximum Gasteiger partial charge on any atom is 0.0491 e. The van der Waals surface area contributed by atoms with Gasteiger partial charge in [-0.3, -0.25) is 4.84 Å². The molecule has 2 heteroatoms. The van der Waals surface area contributed by atoms with E-state index in [9.17, 15) is 0 Å². The van der Waals surface area contributed by atoms with Crippen molar-refractivity contribution in [2.75, 3.05) is 4.84 Å². The quantitative estimate of drug-likeness (QED) is 0.668. The van der Waals surface area contributed by atoms with Gasteiger partial charge in [0.05, 0.1) is 0 Å². The molecular formula is C9H10ClN. The van der Waals surface area contributed by atoms with Crippen molar-refractivity contribution in [3.05, 3.63) is 29.8 Å². The minimum atomic E-state index is 0.833. The van der Waals surface area contributed by atoms with Gasteiger partial charge in [0, 0.05) is 17.5 Å². The first-order valence-corrected chi connectivity index (χ1v) is 4.24. The summed E-state index contributed by atoms with van der Waals surface area (Å²) in [6.45, 7) is 0. The summed E-state index contributed by atoms with van der Waals surface area (Å²) in [5, 5.41) is 0. The zero-order valence-electron chi connectivity index (χ0n) is 6.18. The number of anilines is 1. The summed E-state index contributed by atoms with van der Waals surface area (Å²) in [6.07, 6.45) is 2.71. The monoisotopic (exact) mass is 167 g/mol. The van der Waals surface area contributed by atoms with E-state index in [1.807, 2.05) is 12.1 Å². The van der Waals surface area contributed by atoms with Crippen LogP contribution in [0.25, 0.3) is 0 Å². The summed E-state index contributed by atoms with van der Waals surface area (Å²) in [5.41, 5.74) is 2.41. The average Bonchev–Trinajstić information content (AvgIpc) is 2.87. The lowest BCUT2D eigenvalue weighted by atomic mass is 10.1. The van der Waals surface area contributed by atoms with E-state index in [2.05, 4.69) is 17.0 Å². The van der Waals surface area contributed by atoms with Crippen LogP contribution in [0.1, 0.15) is 24.3 Å². The SMILES string of the molecule is ClNc1ccc(C2CC2)cc1. The van der Waals surface area contributed by atoms with Gasteiger partial charge >= 0.3 is 0 Å². The number of hydrogen-bond donors (Lipinski definition) is 1. The molecule has 1 N–H and O–H groups in total. The molecule has 58 valence electrons. The van der Waals surface area contributed by atoms with Gasteiger partial charge in [-0.05, 0) is 36.5 Å². The standard InChI is InChI=1S/C9H10ClN/c10-11-9-5-3-8(4-6-9)7-1-2-7/h3-7,11H,1-2H2. The fourth-order valence-electron chi connectivity index (χ4n) is 1.23. The van der Waals surface area contributed by atoms with Crippen LogP contribution in [0.4, 0.5) is 5.69 Å². The van der Waals surface area contributed by atoms with Crippen LogP contribution in [-0.4, -0.2) is 0 Å². The van der Waals surface area contributed by atoms with Gasteiger partial charge in [-0.15, -0.1) is 0 Å². The summed E-state index contributed by atoms with van der Waals surface area (Å²) in [4.78, 5) is 2.59. The molecule has 1 aromatic carbocycles. The third-order valence-corrected chi connectivity index (χ3v) is 2.29. The number of benzene rings is 1. The Balaban J connectivity index is 2.19. The molecule has 1 aromatic rings. The first-order valence-electron chi connectivity index (χ1n) is 3.87.